The fraction of sp³-hybridized carbons (Fsp3) is 1.00. The zero-order valence-electron chi connectivity index (χ0n) is 21.5. The van der Waals surface area contributed by atoms with Gasteiger partial charge >= 0.3 is 32.2 Å². The molecule has 0 radical (unpaired) electrons. The smallest absolute Gasteiger partial charge is 0.401 e. The molecule has 0 aromatic carbocycles. The molecule has 0 aliphatic heterocycles. The Morgan fingerprint density at radius 1 is 0.517 bits per heavy atom. The van der Waals surface area contributed by atoms with Crippen LogP contribution < -0.4 is 0 Å². The number of hydrogen-bond acceptors (Lipinski definition) is 1. The third-order valence-corrected chi connectivity index (χ3v) is 12.2. The lowest BCUT2D eigenvalue weighted by Gasteiger charge is -2.12. The third-order valence-electron chi connectivity index (χ3n) is 6.19. The van der Waals surface area contributed by atoms with E-state index in [9.17, 15) is 0 Å². The lowest BCUT2D eigenvalue weighted by molar-refractivity contribution is 0.610. The van der Waals surface area contributed by atoms with Gasteiger partial charge in [-0.1, -0.05) is 158 Å². The quantitative estimate of drug-likeness (QED) is 0.118. The van der Waals surface area contributed by atoms with E-state index in [4.69, 9.17) is 2.84 Å². The second-order valence-corrected chi connectivity index (χ2v) is 15.5. The summed E-state index contributed by atoms with van der Waals surface area (Å²) in [5.41, 5.74) is 0. The summed E-state index contributed by atoms with van der Waals surface area (Å²) >= 11 is 0.527. The zero-order valence-corrected chi connectivity index (χ0v) is 26.1. The number of hydrogen-bond donors (Lipinski definition) is 0. The van der Waals surface area contributed by atoms with Crippen LogP contribution in [0.3, 0.4) is 0 Å². The topological polar surface area (TPSA) is 9.23 Å². The predicted molar refractivity (Wildman–Crippen MR) is 143 cm³/mol. The van der Waals surface area contributed by atoms with E-state index in [2.05, 4.69) is 26.6 Å². The number of unbranched alkanes of at least 4 members (excludes halogenated alkanes) is 15. The molecule has 0 saturated heterocycles. The van der Waals surface area contributed by atoms with E-state index in [1.54, 1.807) is 35.1 Å². The average Bonchev–Trinajstić information content (AvgIpc) is 2.75. The lowest BCUT2D eigenvalue weighted by atomic mass is 10.1. The first-order valence-corrected chi connectivity index (χ1v) is 19.0. The van der Waals surface area contributed by atoms with Crippen LogP contribution >= 0.6 is 0 Å². The van der Waals surface area contributed by atoms with Gasteiger partial charge in [0.25, 0.3) is 14.1 Å². The van der Waals surface area contributed by atoms with Crippen LogP contribution in [0.5, 0.6) is 0 Å². The van der Waals surface area contributed by atoms with Crippen molar-refractivity contribution in [2.24, 2.45) is 0 Å². The van der Waals surface area contributed by atoms with Gasteiger partial charge in [-0.15, -0.1) is 0 Å². The fourth-order valence-corrected chi connectivity index (χ4v) is 7.54. The standard InChI is InChI=1S/3C8H17.CH3.3Al.O.3H/c3*1-3-5-7-8-6-4-2;;;;;;;;/h3*1,3-8H2,2H3;1H3;;;;;;;. The highest BCUT2D eigenvalue weighted by Gasteiger charge is 2.15. The Kier molecular flexibility index (Phi) is 35.8. The molecule has 0 bridgehead atoms. The van der Waals surface area contributed by atoms with Gasteiger partial charge in [0.1, 0.15) is 0 Å². The van der Waals surface area contributed by atoms with E-state index in [0.29, 0.717) is 0 Å². The lowest BCUT2D eigenvalue weighted by Crippen LogP contribution is -2.12. The van der Waals surface area contributed by atoms with Gasteiger partial charge in [-0.25, -0.2) is 0 Å². The maximum absolute atomic E-state index is 4.82. The van der Waals surface area contributed by atoms with E-state index < -0.39 is 14.1 Å². The molecule has 0 aliphatic rings. The highest BCUT2D eigenvalue weighted by Crippen LogP contribution is 2.20. The predicted octanol–water partition coefficient (Wildman–Crippen LogP) is 8.51. The van der Waals surface area contributed by atoms with E-state index in [-0.39, 0.29) is 15.6 Å². The van der Waals surface area contributed by atoms with Crippen molar-refractivity contribution in [3.05, 3.63) is 0 Å². The van der Waals surface area contributed by atoms with Crippen LogP contribution in [-0.4, -0.2) is 46.3 Å². The molecule has 0 unspecified atom stereocenters. The summed E-state index contributed by atoms with van der Waals surface area (Å²) in [5, 5.41) is 4.99. The van der Waals surface area contributed by atoms with E-state index in [1.165, 1.54) is 96.3 Å². The Hall–Kier alpha value is 1.56. The first-order chi connectivity index (χ1) is 14.3. The first-order valence-electron chi connectivity index (χ1n) is 13.8. The molecule has 4 heteroatoms. The SMILES string of the molecule is CCCCCCC[CH2][Al]([CH2]CCCCCCC)[CH2]CCCCCCC.[CH3][AlH][O][AlH2]. The maximum Gasteiger partial charge on any atom is 0.401 e. The van der Waals surface area contributed by atoms with Gasteiger partial charge in [-0.2, -0.15) is 0 Å². The van der Waals surface area contributed by atoms with Crippen molar-refractivity contribution in [2.45, 2.75) is 158 Å². The molecular formula is C25H57Al3O. The van der Waals surface area contributed by atoms with Gasteiger partial charge in [0.05, 0.1) is 0 Å². The molecule has 0 fully saturated rings. The van der Waals surface area contributed by atoms with Gasteiger partial charge < -0.3 is 2.84 Å². The highest BCUT2D eigenvalue weighted by atomic mass is 27.2. The molecule has 0 saturated carbocycles. The van der Waals surface area contributed by atoms with Crippen LogP contribution in [0.2, 0.25) is 21.6 Å². The van der Waals surface area contributed by atoms with Gasteiger partial charge in [0.2, 0.25) is 0 Å². The van der Waals surface area contributed by atoms with E-state index >= 15 is 0 Å². The van der Waals surface area contributed by atoms with Crippen molar-refractivity contribution < 1.29 is 2.84 Å². The summed E-state index contributed by atoms with van der Waals surface area (Å²) < 4.78 is 4.82. The fourth-order valence-electron chi connectivity index (χ4n) is 4.07. The minimum Gasteiger partial charge on any atom is -0.645 e. The number of rotatable bonds is 22. The van der Waals surface area contributed by atoms with Crippen molar-refractivity contribution in [1.82, 2.24) is 0 Å². The average molecular weight is 455 g/mol. The molecule has 0 aromatic rings. The van der Waals surface area contributed by atoms with Crippen LogP contribution in [0.15, 0.2) is 0 Å². The van der Waals surface area contributed by atoms with Crippen LogP contribution in [0.1, 0.15) is 136 Å². The van der Waals surface area contributed by atoms with Crippen molar-refractivity contribution in [3.8, 4) is 0 Å². The minimum atomic E-state index is -0.410. The van der Waals surface area contributed by atoms with Crippen molar-refractivity contribution in [3.63, 3.8) is 0 Å². The summed E-state index contributed by atoms with van der Waals surface area (Å²) in [7, 11) is 0. The molecule has 0 spiro atoms. The third kappa shape index (κ3) is 31.8. The molecule has 0 aliphatic carbocycles. The van der Waals surface area contributed by atoms with Crippen LogP contribution in [0.25, 0.3) is 0 Å². The molecule has 1 nitrogen and oxygen atoms in total. The minimum absolute atomic E-state index is 0.0139. The Balaban J connectivity index is 0. The molecule has 0 aromatic heterocycles. The van der Waals surface area contributed by atoms with Gasteiger partial charge in [0, 0.05) is 0 Å². The van der Waals surface area contributed by atoms with Crippen molar-refractivity contribution in [1.29, 1.82) is 0 Å². The normalized spacial score (nSPS) is 10.5. The molecule has 29 heavy (non-hydrogen) atoms. The first kappa shape index (κ1) is 32.7. The second-order valence-electron chi connectivity index (χ2n) is 9.11. The summed E-state index contributed by atoms with van der Waals surface area (Å²) in [6.07, 6.45) is 26.7. The largest absolute Gasteiger partial charge is 0.645 e. The Bertz CT molecular complexity index is 224. The Morgan fingerprint density at radius 3 is 1.00 bits per heavy atom. The van der Waals surface area contributed by atoms with E-state index in [0.717, 1.165) is 16.6 Å². The summed E-state index contributed by atoms with van der Waals surface area (Å²) in [6.45, 7) is 6.97. The summed E-state index contributed by atoms with van der Waals surface area (Å²) in [5.74, 6) is 2.13. The molecule has 0 N–H and O–H groups in total. The second kappa shape index (κ2) is 31.7. The van der Waals surface area contributed by atoms with Crippen molar-refractivity contribution >= 4 is 46.3 Å². The molecule has 0 atom stereocenters. The van der Waals surface area contributed by atoms with Gasteiger partial charge in [0.15, 0.2) is 0 Å². The molecule has 0 amide bonds. The van der Waals surface area contributed by atoms with Gasteiger partial charge in [-0.3, -0.25) is 0 Å². The summed E-state index contributed by atoms with van der Waals surface area (Å²) in [6, 6.07) is 0. The Labute approximate surface area is 206 Å². The molecule has 172 valence electrons. The monoisotopic (exact) mass is 454 g/mol. The van der Waals surface area contributed by atoms with Gasteiger partial charge in [-0.05, 0) is 0 Å². The van der Waals surface area contributed by atoms with Crippen LogP contribution in [-0.2, 0) is 2.84 Å². The van der Waals surface area contributed by atoms with Crippen LogP contribution in [0, 0.1) is 0 Å². The summed E-state index contributed by atoms with van der Waals surface area (Å²) in [4.78, 5) is 0. The Morgan fingerprint density at radius 2 is 0.759 bits per heavy atom. The van der Waals surface area contributed by atoms with Crippen molar-refractivity contribution in [2.75, 3.05) is 0 Å². The zero-order chi connectivity index (χ0) is 21.8. The van der Waals surface area contributed by atoms with E-state index in [1.807, 2.05) is 0 Å². The molecular weight excluding hydrogens is 397 g/mol. The molecule has 0 rings (SSSR count). The molecule has 0 heterocycles. The highest BCUT2D eigenvalue weighted by molar-refractivity contribution is 6.58. The maximum atomic E-state index is 4.82. The van der Waals surface area contributed by atoms with Crippen LogP contribution in [0.4, 0.5) is 0 Å².